The number of nitrogens with one attached hydrogen (secondary N) is 1. The zero-order valence-corrected chi connectivity index (χ0v) is 11.6. The van der Waals surface area contributed by atoms with E-state index in [4.69, 9.17) is 4.74 Å². The lowest BCUT2D eigenvalue weighted by Gasteiger charge is -2.40. The van der Waals surface area contributed by atoms with Crippen LogP contribution in [0.15, 0.2) is 18.2 Å². The Morgan fingerprint density at radius 3 is 2.52 bits per heavy atom. The molecule has 1 saturated heterocycles. The first-order chi connectivity index (χ1) is 9.81. The topological polar surface area (TPSA) is 125 Å². The van der Waals surface area contributed by atoms with Gasteiger partial charge in [-0.3, -0.25) is 10.1 Å². The second kappa shape index (κ2) is 5.94. The van der Waals surface area contributed by atoms with E-state index in [9.17, 15) is 25.4 Å². The van der Waals surface area contributed by atoms with Gasteiger partial charge in [-0.15, -0.1) is 0 Å². The molecule has 0 bridgehead atoms. The molecule has 2 rings (SSSR count). The van der Waals surface area contributed by atoms with Crippen LogP contribution < -0.4 is 5.32 Å². The highest BCUT2D eigenvalue weighted by Crippen LogP contribution is 2.26. The molecular weight excluding hydrogens is 280 g/mol. The first-order valence-electron chi connectivity index (χ1n) is 6.52. The number of hydrogen-bond acceptors (Lipinski definition) is 7. The molecule has 0 aliphatic carbocycles. The summed E-state index contributed by atoms with van der Waals surface area (Å²) in [7, 11) is 0. The Morgan fingerprint density at radius 2 is 1.90 bits per heavy atom. The number of nitro groups is 1. The first-order valence-corrected chi connectivity index (χ1v) is 6.52. The summed E-state index contributed by atoms with van der Waals surface area (Å²) >= 11 is 0. The number of aliphatic hydroxyl groups is 3. The van der Waals surface area contributed by atoms with Gasteiger partial charge in [0.25, 0.3) is 5.69 Å². The molecule has 4 N–H and O–H groups in total. The van der Waals surface area contributed by atoms with E-state index in [2.05, 4.69) is 5.32 Å². The normalized spacial score (nSPS) is 32.7. The average molecular weight is 298 g/mol. The van der Waals surface area contributed by atoms with Crippen molar-refractivity contribution in [2.45, 2.75) is 44.5 Å². The van der Waals surface area contributed by atoms with Crippen LogP contribution in [0.5, 0.6) is 0 Å². The highest BCUT2D eigenvalue weighted by molar-refractivity contribution is 5.57. The highest BCUT2D eigenvalue weighted by atomic mass is 16.6. The van der Waals surface area contributed by atoms with Crippen LogP contribution in [0.2, 0.25) is 0 Å². The summed E-state index contributed by atoms with van der Waals surface area (Å²) in [4.78, 5) is 10.3. The van der Waals surface area contributed by atoms with E-state index >= 15 is 0 Å². The van der Waals surface area contributed by atoms with Crippen LogP contribution in [-0.2, 0) is 4.74 Å². The van der Waals surface area contributed by atoms with Crippen molar-refractivity contribution in [3.05, 3.63) is 33.9 Å². The fraction of sp³-hybridized carbons (Fsp3) is 0.538. The van der Waals surface area contributed by atoms with Crippen molar-refractivity contribution in [1.29, 1.82) is 0 Å². The van der Waals surface area contributed by atoms with Gasteiger partial charge in [-0.25, -0.2) is 0 Å². The van der Waals surface area contributed by atoms with E-state index in [1.807, 2.05) is 0 Å². The number of non-ortho nitro benzene ring substituents is 1. The SMILES string of the molecule is Cc1ccc([N+](=O)[O-])cc1N[C@@H]1O[C@H](C)[C@H](O)[C@@H](O)[C@H]1O. The molecule has 1 fully saturated rings. The maximum Gasteiger partial charge on any atom is 0.271 e. The van der Waals surface area contributed by atoms with Gasteiger partial charge in [-0.05, 0) is 19.4 Å². The van der Waals surface area contributed by atoms with Gasteiger partial charge in [-0.1, -0.05) is 6.07 Å². The lowest BCUT2D eigenvalue weighted by molar-refractivity contribution is -0.384. The van der Waals surface area contributed by atoms with Crippen LogP contribution in [0.25, 0.3) is 0 Å². The van der Waals surface area contributed by atoms with Gasteiger partial charge < -0.3 is 25.4 Å². The predicted octanol–water partition coefficient (Wildman–Crippen LogP) is 0.143. The molecule has 0 radical (unpaired) electrons. The molecule has 1 aromatic carbocycles. The molecule has 0 saturated carbocycles. The minimum absolute atomic E-state index is 0.0953. The summed E-state index contributed by atoms with van der Waals surface area (Å²) in [5.74, 6) is 0. The molecule has 8 heteroatoms. The smallest absolute Gasteiger partial charge is 0.271 e. The largest absolute Gasteiger partial charge is 0.388 e. The Kier molecular flexibility index (Phi) is 4.43. The molecular formula is C13H18N2O6. The van der Waals surface area contributed by atoms with E-state index in [0.717, 1.165) is 5.56 Å². The number of nitrogens with zero attached hydrogens (tertiary/aromatic N) is 1. The number of hydrogen-bond donors (Lipinski definition) is 4. The fourth-order valence-corrected chi connectivity index (χ4v) is 2.20. The number of ether oxygens (including phenoxy) is 1. The number of rotatable bonds is 3. The van der Waals surface area contributed by atoms with E-state index < -0.39 is 35.6 Å². The molecule has 21 heavy (non-hydrogen) atoms. The second-order valence-electron chi connectivity index (χ2n) is 5.13. The maximum absolute atomic E-state index is 10.8. The molecule has 116 valence electrons. The number of anilines is 1. The number of nitro benzene ring substituents is 1. The zero-order valence-electron chi connectivity index (χ0n) is 11.6. The van der Waals surface area contributed by atoms with E-state index in [-0.39, 0.29) is 5.69 Å². The Balaban J connectivity index is 2.21. The Bertz CT molecular complexity index is 537. The van der Waals surface area contributed by atoms with Crippen molar-refractivity contribution in [3.63, 3.8) is 0 Å². The Labute approximate surface area is 121 Å². The predicted molar refractivity (Wildman–Crippen MR) is 73.8 cm³/mol. The molecule has 0 aromatic heterocycles. The molecule has 1 aliphatic rings. The third-order valence-corrected chi connectivity index (χ3v) is 3.58. The van der Waals surface area contributed by atoms with Gasteiger partial charge in [0, 0.05) is 17.8 Å². The summed E-state index contributed by atoms with van der Waals surface area (Å²) in [6.45, 7) is 3.31. The number of aliphatic hydroxyl groups excluding tert-OH is 3. The highest BCUT2D eigenvalue weighted by Gasteiger charge is 2.41. The molecule has 0 spiro atoms. The van der Waals surface area contributed by atoms with Crippen molar-refractivity contribution in [3.8, 4) is 0 Å². The molecule has 5 atom stereocenters. The molecule has 0 amide bonds. The van der Waals surface area contributed by atoms with Crippen molar-refractivity contribution in [2.24, 2.45) is 0 Å². The van der Waals surface area contributed by atoms with Crippen LogP contribution in [0, 0.1) is 17.0 Å². The molecule has 1 heterocycles. The van der Waals surface area contributed by atoms with Crippen molar-refractivity contribution >= 4 is 11.4 Å². The van der Waals surface area contributed by atoms with Gasteiger partial charge in [0.1, 0.15) is 18.3 Å². The summed E-state index contributed by atoms with van der Waals surface area (Å²) in [5.41, 5.74) is 1.05. The maximum atomic E-state index is 10.8. The monoisotopic (exact) mass is 298 g/mol. The summed E-state index contributed by atoms with van der Waals surface area (Å²) in [6.07, 6.45) is -5.55. The van der Waals surface area contributed by atoms with Crippen molar-refractivity contribution in [1.82, 2.24) is 0 Å². The molecule has 8 nitrogen and oxygen atoms in total. The van der Waals surface area contributed by atoms with Gasteiger partial charge >= 0.3 is 0 Å². The minimum Gasteiger partial charge on any atom is -0.388 e. The zero-order chi connectivity index (χ0) is 15.7. The third kappa shape index (κ3) is 3.13. The summed E-state index contributed by atoms with van der Waals surface area (Å²) in [5, 5.41) is 42.9. The lowest BCUT2D eigenvalue weighted by Crippen LogP contribution is -2.58. The van der Waals surface area contributed by atoms with Gasteiger partial charge in [0.05, 0.1) is 11.0 Å². The van der Waals surface area contributed by atoms with Gasteiger partial charge in [-0.2, -0.15) is 0 Å². The minimum atomic E-state index is -1.36. The first kappa shape index (κ1) is 15.6. The number of aryl methyl sites for hydroxylation is 1. The number of benzene rings is 1. The van der Waals surface area contributed by atoms with Gasteiger partial charge in [0.2, 0.25) is 0 Å². The average Bonchev–Trinajstić information content (AvgIpc) is 2.44. The van der Waals surface area contributed by atoms with Crippen LogP contribution in [0.3, 0.4) is 0 Å². The van der Waals surface area contributed by atoms with E-state index in [1.165, 1.54) is 12.1 Å². The van der Waals surface area contributed by atoms with Crippen molar-refractivity contribution in [2.75, 3.05) is 5.32 Å². The molecule has 0 unspecified atom stereocenters. The molecule has 1 aliphatic heterocycles. The lowest BCUT2D eigenvalue weighted by atomic mass is 9.99. The van der Waals surface area contributed by atoms with Gasteiger partial charge in [0.15, 0.2) is 6.23 Å². The van der Waals surface area contributed by atoms with E-state index in [0.29, 0.717) is 5.69 Å². The standard InChI is InChI=1S/C13H18N2O6/c1-6-3-4-8(15(19)20)5-9(6)14-13-12(18)11(17)10(16)7(2)21-13/h3-5,7,10-14,16-18H,1-2H3/t7-,10+,11-,12-,13-/m1/s1. The van der Waals surface area contributed by atoms with Crippen LogP contribution in [-0.4, -0.2) is 50.9 Å². The Morgan fingerprint density at radius 1 is 1.24 bits per heavy atom. The van der Waals surface area contributed by atoms with Crippen LogP contribution in [0.1, 0.15) is 12.5 Å². The van der Waals surface area contributed by atoms with E-state index in [1.54, 1.807) is 19.9 Å². The fourth-order valence-electron chi connectivity index (χ4n) is 2.20. The Hall–Kier alpha value is -1.74. The second-order valence-corrected chi connectivity index (χ2v) is 5.13. The summed E-state index contributed by atoms with van der Waals surface area (Å²) < 4.78 is 5.40. The van der Waals surface area contributed by atoms with Crippen LogP contribution in [0.4, 0.5) is 11.4 Å². The molecule has 1 aromatic rings. The quantitative estimate of drug-likeness (QED) is 0.462. The van der Waals surface area contributed by atoms with Crippen LogP contribution >= 0.6 is 0 Å². The van der Waals surface area contributed by atoms with Crippen molar-refractivity contribution < 1.29 is 25.0 Å². The third-order valence-electron chi connectivity index (χ3n) is 3.58. The summed E-state index contributed by atoms with van der Waals surface area (Å²) in [6, 6.07) is 4.28.